The highest BCUT2D eigenvalue weighted by molar-refractivity contribution is 7.91. The van der Waals surface area contributed by atoms with Gasteiger partial charge < -0.3 is 29.5 Å². The predicted octanol–water partition coefficient (Wildman–Crippen LogP) is 5.27. The molecule has 18 heteroatoms. The van der Waals surface area contributed by atoms with Crippen LogP contribution in [0.5, 0.6) is 17.4 Å². The number of hydrogen-bond acceptors (Lipinski definition) is 10. The Morgan fingerprint density at radius 2 is 1.75 bits per heavy atom. The summed E-state index contributed by atoms with van der Waals surface area (Å²) in [6, 6.07) is 2.05. The molecule has 4 aliphatic rings. The minimum absolute atomic E-state index is 0.0842. The SMILES string of the molecule is COc1cc2ccnc(O[C@@H]3C[C@H]4C(=O)N[C@]5(C(=O)NS(=O)(=O)C6(C)CC6)C[C@H]5C=CCC[C@@H](C)C[C@@H](C)[C@H](N(C(=O)O)C(C)(C)C(C)(F)F)C(=O)N4C3)c2cc1OC. The molecular weight excluding hydrogens is 793 g/mol. The van der Waals surface area contributed by atoms with Gasteiger partial charge in [0.15, 0.2) is 11.5 Å². The number of nitrogens with zero attached hydrogens (tertiary/aromatic N) is 3. The molecule has 3 fully saturated rings. The third kappa shape index (κ3) is 8.25. The summed E-state index contributed by atoms with van der Waals surface area (Å²) in [5.74, 6) is -6.73. The van der Waals surface area contributed by atoms with Gasteiger partial charge in [0.1, 0.15) is 29.3 Å². The number of ether oxygens (including phenoxy) is 3. The first-order valence-electron chi connectivity index (χ1n) is 19.9. The normalized spacial score (nSPS) is 28.6. The lowest BCUT2D eigenvalue weighted by Gasteiger charge is -2.47. The van der Waals surface area contributed by atoms with Crippen LogP contribution in [-0.4, -0.2) is 113 Å². The van der Waals surface area contributed by atoms with Gasteiger partial charge in [-0.25, -0.2) is 27.0 Å². The maximum absolute atomic E-state index is 15.4. The molecule has 2 aliphatic carbocycles. The van der Waals surface area contributed by atoms with E-state index in [2.05, 4.69) is 15.0 Å². The number of carbonyl (C=O) groups excluding carboxylic acids is 3. The third-order valence-corrected chi connectivity index (χ3v) is 15.0. The lowest BCUT2D eigenvalue weighted by molar-refractivity contribution is -0.156. The summed E-state index contributed by atoms with van der Waals surface area (Å²) in [5.41, 5.74) is -4.06. The van der Waals surface area contributed by atoms with Gasteiger partial charge in [-0.1, -0.05) is 26.0 Å². The molecule has 1 aromatic heterocycles. The molecule has 2 aromatic rings. The molecule has 7 atom stereocenters. The van der Waals surface area contributed by atoms with Crippen LogP contribution in [0.3, 0.4) is 0 Å². The van der Waals surface area contributed by atoms with Crippen molar-refractivity contribution in [3.63, 3.8) is 0 Å². The van der Waals surface area contributed by atoms with E-state index in [1.165, 1.54) is 27.3 Å². The number of hydrogen-bond donors (Lipinski definition) is 3. The third-order valence-electron chi connectivity index (χ3n) is 12.9. The zero-order valence-electron chi connectivity index (χ0n) is 34.7. The second kappa shape index (κ2) is 15.7. The van der Waals surface area contributed by atoms with Gasteiger partial charge in [0.05, 0.1) is 25.5 Å². The average molecular weight is 848 g/mol. The van der Waals surface area contributed by atoms with Crippen molar-refractivity contribution in [1.82, 2.24) is 24.8 Å². The molecular formula is C41H55F2N5O10S. The Morgan fingerprint density at radius 1 is 1.08 bits per heavy atom. The van der Waals surface area contributed by atoms with Gasteiger partial charge in [0.2, 0.25) is 27.7 Å². The lowest BCUT2D eigenvalue weighted by atomic mass is 9.84. The van der Waals surface area contributed by atoms with Crippen molar-refractivity contribution in [2.45, 2.75) is 126 Å². The smallest absolute Gasteiger partial charge is 0.408 e. The van der Waals surface area contributed by atoms with E-state index >= 15 is 13.6 Å². The predicted molar refractivity (Wildman–Crippen MR) is 213 cm³/mol. The summed E-state index contributed by atoms with van der Waals surface area (Å²) >= 11 is 0. The zero-order valence-corrected chi connectivity index (χ0v) is 35.5. The summed E-state index contributed by atoms with van der Waals surface area (Å²) in [4.78, 5) is 63.0. The number of pyridine rings is 1. The summed E-state index contributed by atoms with van der Waals surface area (Å²) < 4.78 is 75.7. The number of carbonyl (C=O) groups is 4. The molecule has 324 valence electrons. The van der Waals surface area contributed by atoms with E-state index in [1.807, 2.05) is 13.0 Å². The maximum atomic E-state index is 15.4. The topological polar surface area (TPSA) is 194 Å². The van der Waals surface area contributed by atoms with Crippen LogP contribution in [0.25, 0.3) is 10.8 Å². The summed E-state index contributed by atoms with van der Waals surface area (Å²) in [7, 11) is -1.14. The van der Waals surface area contributed by atoms with Crippen molar-refractivity contribution in [3.8, 4) is 17.4 Å². The van der Waals surface area contributed by atoms with Gasteiger partial charge in [-0.3, -0.25) is 24.0 Å². The molecule has 2 aliphatic heterocycles. The van der Waals surface area contributed by atoms with E-state index in [-0.39, 0.29) is 37.6 Å². The Hall–Kier alpha value is -4.74. The van der Waals surface area contributed by atoms with Crippen molar-refractivity contribution in [2.75, 3.05) is 20.8 Å². The lowest BCUT2D eigenvalue weighted by Crippen LogP contribution is -2.66. The maximum Gasteiger partial charge on any atom is 0.408 e. The van der Waals surface area contributed by atoms with Gasteiger partial charge in [-0.2, -0.15) is 0 Å². The number of rotatable bonds is 10. The largest absolute Gasteiger partial charge is 0.493 e. The van der Waals surface area contributed by atoms with E-state index in [1.54, 1.807) is 31.2 Å². The molecule has 6 rings (SSSR count). The van der Waals surface area contributed by atoms with Crippen LogP contribution in [0.1, 0.15) is 86.5 Å². The van der Waals surface area contributed by atoms with Gasteiger partial charge in [0, 0.05) is 30.8 Å². The molecule has 0 bridgehead atoms. The molecule has 0 spiro atoms. The number of fused-ring (bicyclic) bond motifs is 3. The van der Waals surface area contributed by atoms with Gasteiger partial charge in [0.25, 0.3) is 11.8 Å². The van der Waals surface area contributed by atoms with Crippen LogP contribution in [0.4, 0.5) is 13.6 Å². The molecule has 3 N–H and O–H groups in total. The van der Waals surface area contributed by atoms with Crippen molar-refractivity contribution in [2.24, 2.45) is 17.8 Å². The fraction of sp³-hybridized carbons (Fsp3) is 0.634. The second-order valence-corrected chi connectivity index (χ2v) is 19.7. The number of benzene rings is 1. The minimum Gasteiger partial charge on any atom is -0.493 e. The Morgan fingerprint density at radius 3 is 2.36 bits per heavy atom. The Bertz CT molecular complexity index is 2140. The molecule has 1 aromatic carbocycles. The molecule has 3 heterocycles. The number of halogens is 2. The first-order valence-corrected chi connectivity index (χ1v) is 21.4. The van der Waals surface area contributed by atoms with Crippen LogP contribution in [0, 0.1) is 17.8 Å². The summed E-state index contributed by atoms with van der Waals surface area (Å²) in [6.07, 6.45) is 4.48. The number of nitrogens with one attached hydrogen (secondary N) is 2. The standard InChI is InChI=1S/C41H55F2N5O10S/c1-23-11-9-10-12-26-21-41(26,36(51)46-59(54,55)39(5)14-15-39)45-33(49)29-19-27(58-34-28-20-31(57-8)30(56-7)18-25(28)13-16-44-34)22-47(29)35(50)32(24(2)17-23)48(37(52)53)38(3,4)40(6,42)43/h10,12-13,16,18,20,23-24,26-27,29,32H,9,11,14-15,17,19,21-22H2,1-8H3,(H,45,49)(H,46,51)(H,52,53)/t23-,24-,26-,27-,29+,32+,41-/m1/s1. The van der Waals surface area contributed by atoms with Crippen LogP contribution >= 0.6 is 0 Å². The molecule has 1 saturated heterocycles. The van der Waals surface area contributed by atoms with Crippen molar-refractivity contribution in [3.05, 3.63) is 36.5 Å². The number of allylic oxidation sites excluding steroid dienone is 1. The summed E-state index contributed by atoms with van der Waals surface area (Å²) in [5, 5.41) is 14.6. The van der Waals surface area contributed by atoms with Gasteiger partial charge in [-0.15, -0.1) is 0 Å². The first-order chi connectivity index (χ1) is 27.5. The highest BCUT2D eigenvalue weighted by atomic mass is 32.2. The number of aromatic nitrogens is 1. The summed E-state index contributed by atoms with van der Waals surface area (Å²) in [6.45, 7) is 7.53. The zero-order chi connectivity index (χ0) is 43.5. The van der Waals surface area contributed by atoms with Crippen molar-refractivity contribution >= 4 is 44.6 Å². The van der Waals surface area contributed by atoms with Gasteiger partial charge >= 0.3 is 6.09 Å². The number of methoxy groups -OCH3 is 2. The average Bonchev–Trinajstić information content (AvgIpc) is 4.03. The molecule has 4 amide bonds. The number of alkyl halides is 2. The fourth-order valence-electron chi connectivity index (χ4n) is 8.38. The van der Waals surface area contributed by atoms with Crippen LogP contribution in [-0.2, 0) is 24.4 Å². The van der Waals surface area contributed by atoms with Crippen LogP contribution in [0.2, 0.25) is 0 Å². The van der Waals surface area contributed by atoms with E-state index in [0.717, 1.165) is 18.7 Å². The minimum atomic E-state index is -4.10. The molecule has 15 nitrogen and oxygen atoms in total. The first kappa shape index (κ1) is 43.8. The van der Waals surface area contributed by atoms with Crippen molar-refractivity contribution < 1.29 is 55.7 Å². The van der Waals surface area contributed by atoms with Crippen LogP contribution in [0.15, 0.2) is 36.5 Å². The van der Waals surface area contributed by atoms with Crippen molar-refractivity contribution in [1.29, 1.82) is 0 Å². The fourth-order valence-corrected chi connectivity index (χ4v) is 9.70. The molecule has 0 radical (unpaired) electrons. The van der Waals surface area contributed by atoms with E-state index in [4.69, 9.17) is 14.2 Å². The monoisotopic (exact) mass is 847 g/mol. The Labute approximate surface area is 343 Å². The van der Waals surface area contributed by atoms with E-state index < -0.39 is 85.6 Å². The molecule has 59 heavy (non-hydrogen) atoms. The molecule has 0 unspecified atom stereocenters. The van der Waals surface area contributed by atoms with E-state index in [9.17, 15) is 27.9 Å². The number of sulfonamides is 1. The van der Waals surface area contributed by atoms with E-state index in [0.29, 0.717) is 59.8 Å². The van der Waals surface area contributed by atoms with Crippen LogP contribution < -0.4 is 24.2 Å². The Balaban J connectivity index is 1.43. The highest BCUT2D eigenvalue weighted by Crippen LogP contribution is 2.48. The second-order valence-electron chi connectivity index (χ2n) is 17.6. The number of carboxylic acid groups (broad SMARTS) is 1. The number of amides is 4. The highest BCUT2D eigenvalue weighted by Gasteiger charge is 2.63. The van der Waals surface area contributed by atoms with Gasteiger partial charge in [-0.05, 0) is 94.7 Å². The Kier molecular flexibility index (Phi) is 11.7. The molecule has 2 saturated carbocycles. The quantitative estimate of drug-likeness (QED) is 0.264.